The van der Waals surface area contributed by atoms with Gasteiger partial charge >= 0.3 is 0 Å². The molecule has 0 spiro atoms. The predicted molar refractivity (Wildman–Crippen MR) is 60.1 cm³/mol. The van der Waals surface area contributed by atoms with Gasteiger partial charge in [0.2, 0.25) is 5.96 Å². The summed E-state index contributed by atoms with van der Waals surface area (Å²) in [6.45, 7) is 3.66. The van der Waals surface area contributed by atoms with E-state index in [1.807, 2.05) is 11.8 Å². The van der Waals surface area contributed by atoms with Crippen molar-refractivity contribution in [3.63, 3.8) is 0 Å². The van der Waals surface area contributed by atoms with Crippen LogP contribution in [0, 0.1) is 0 Å². The first-order valence-electron chi connectivity index (χ1n) is 5.05. The summed E-state index contributed by atoms with van der Waals surface area (Å²) < 4.78 is 22.4. The van der Waals surface area contributed by atoms with Crippen LogP contribution in [-0.2, 0) is 9.84 Å². The van der Waals surface area contributed by atoms with Gasteiger partial charge in [0, 0.05) is 19.6 Å². The van der Waals surface area contributed by atoms with E-state index in [-0.39, 0.29) is 11.5 Å². The maximum atomic E-state index is 11.2. The monoisotopic (exact) mass is 234 g/mol. The first-order valence-corrected chi connectivity index (χ1v) is 6.87. The van der Waals surface area contributed by atoms with Crippen molar-refractivity contribution < 1.29 is 8.42 Å². The van der Waals surface area contributed by atoms with Gasteiger partial charge in [-0.3, -0.25) is 10.4 Å². The Bertz CT molecular complexity index is 312. The van der Waals surface area contributed by atoms with Gasteiger partial charge in [-0.1, -0.05) is 6.92 Å². The smallest absolute Gasteiger partial charge is 0.208 e. The average molecular weight is 234 g/mol. The molecule has 15 heavy (non-hydrogen) atoms. The molecule has 0 bridgehead atoms. The standard InChI is InChI=1S/C8H18N4O2S/c1-2-3-10-8(11-9)12-4-6-15(13,14)7-5-12/h2-7,9H2,1H3,(H,10,11). The van der Waals surface area contributed by atoms with Crippen molar-refractivity contribution in [1.82, 2.24) is 10.3 Å². The van der Waals surface area contributed by atoms with E-state index in [2.05, 4.69) is 10.4 Å². The van der Waals surface area contributed by atoms with Crippen molar-refractivity contribution in [3.8, 4) is 0 Å². The third-order valence-electron chi connectivity index (χ3n) is 2.26. The average Bonchev–Trinajstić information content (AvgIpc) is 2.21. The van der Waals surface area contributed by atoms with Gasteiger partial charge in [0.05, 0.1) is 11.5 Å². The molecule has 1 saturated heterocycles. The van der Waals surface area contributed by atoms with Crippen molar-refractivity contribution in [3.05, 3.63) is 0 Å². The highest BCUT2D eigenvalue weighted by Crippen LogP contribution is 2.03. The second kappa shape index (κ2) is 5.32. The van der Waals surface area contributed by atoms with Crippen LogP contribution >= 0.6 is 0 Å². The Balaban J connectivity index is 2.57. The molecule has 6 nitrogen and oxygen atoms in total. The fourth-order valence-corrected chi connectivity index (χ4v) is 2.58. The number of nitrogens with one attached hydrogen (secondary N) is 1. The third-order valence-corrected chi connectivity index (χ3v) is 3.87. The molecule has 0 saturated carbocycles. The van der Waals surface area contributed by atoms with E-state index < -0.39 is 9.84 Å². The van der Waals surface area contributed by atoms with E-state index >= 15 is 0 Å². The van der Waals surface area contributed by atoms with Crippen molar-refractivity contribution in [1.29, 1.82) is 0 Å². The largest absolute Gasteiger partial charge is 0.340 e. The van der Waals surface area contributed by atoms with Gasteiger partial charge in [0.1, 0.15) is 0 Å². The number of hydrogen-bond donors (Lipinski definition) is 2. The Morgan fingerprint density at radius 2 is 2.07 bits per heavy atom. The van der Waals surface area contributed by atoms with Gasteiger partial charge in [0.15, 0.2) is 9.84 Å². The number of rotatable bonds is 2. The molecule has 0 radical (unpaired) electrons. The van der Waals surface area contributed by atoms with Gasteiger partial charge in [0.25, 0.3) is 0 Å². The number of guanidine groups is 1. The van der Waals surface area contributed by atoms with E-state index in [9.17, 15) is 8.42 Å². The number of sulfone groups is 1. The summed E-state index contributed by atoms with van der Waals surface area (Å²) >= 11 is 0. The van der Waals surface area contributed by atoms with Crippen LogP contribution in [-0.4, -0.2) is 50.4 Å². The first-order chi connectivity index (χ1) is 7.09. The first kappa shape index (κ1) is 12.3. The zero-order chi connectivity index (χ0) is 11.3. The molecule has 1 aliphatic heterocycles. The Hall–Kier alpha value is -0.820. The number of nitrogens with zero attached hydrogens (tertiary/aromatic N) is 2. The number of hydrogen-bond acceptors (Lipinski definition) is 4. The molecule has 0 aromatic rings. The van der Waals surface area contributed by atoms with Gasteiger partial charge < -0.3 is 4.90 Å². The minimum Gasteiger partial charge on any atom is -0.340 e. The Morgan fingerprint density at radius 1 is 1.47 bits per heavy atom. The molecule has 88 valence electrons. The van der Waals surface area contributed by atoms with Crippen LogP contribution in [0.4, 0.5) is 0 Å². The second-order valence-electron chi connectivity index (χ2n) is 3.49. The van der Waals surface area contributed by atoms with Crippen LogP contribution in [0.2, 0.25) is 0 Å². The molecule has 0 aliphatic carbocycles. The zero-order valence-electron chi connectivity index (χ0n) is 8.94. The Kier molecular flexibility index (Phi) is 4.34. The lowest BCUT2D eigenvalue weighted by Crippen LogP contribution is -2.51. The van der Waals surface area contributed by atoms with E-state index in [0.29, 0.717) is 25.6 Å². The Labute approximate surface area is 90.4 Å². The lowest BCUT2D eigenvalue weighted by molar-refractivity contribution is 0.426. The molecular formula is C8H18N4O2S. The highest BCUT2D eigenvalue weighted by Gasteiger charge is 2.23. The maximum absolute atomic E-state index is 11.2. The number of nitrogens with two attached hydrogens (primary N) is 1. The number of hydrazine groups is 1. The predicted octanol–water partition coefficient (Wildman–Crippen LogP) is -1.05. The van der Waals surface area contributed by atoms with Crippen molar-refractivity contribution in [2.24, 2.45) is 10.8 Å². The highest BCUT2D eigenvalue weighted by molar-refractivity contribution is 7.91. The second-order valence-corrected chi connectivity index (χ2v) is 5.79. The van der Waals surface area contributed by atoms with Crippen molar-refractivity contribution in [2.45, 2.75) is 13.3 Å². The molecule has 1 rings (SSSR count). The fraction of sp³-hybridized carbons (Fsp3) is 0.875. The summed E-state index contributed by atoms with van der Waals surface area (Å²) in [7, 11) is -2.84. The van der Waals surface area contributed by atoms with E-state index in [0.717, 1.165) is 6.42 Å². The lowest BCUT2D eigenvalue weighted by Gasteiger charge is -2.29. The molecule has 3 N–H and O–H groups in total. The van der Waals surface area contributed by atoms with Gasteiger partial charge in [-0.15, -0.1) is 0 Å². The quantitative estimate of drug-likeness (QED) is 0.275. The summed E-state index contributed by atoms with van der Waals surface area (Å²) in [5, 5.41) is 0. The van der Waals surface area contributed by atoms with Crippen molar-refractivity contribution in [2.75, 3.05) is 31.1 Å². The normalized spacial score (nSPS) is 21.5. The Morgan fingerprint density at radius 3 is 2.53 bits per heavy atom. The number of aliphatic imine (C=N–C) groups is 1. The fourth-order valence-electron chi connectivity index (χ4n) is 1.38. The molecule has 1 aliphatic rings. The topological polar surface area (TPSA) is 87.8 Å². The summed E-state index contributed by atoms with van der Waals surface area (Å²) in [5.41, 5.74) is 2.52. The van der Waals surface area contributed by atoms with E-state index in [4.69, 9.17) is 5.84 Å². The van der Waals surface area contributed by atoms with Crippen LogP contribution in [0.15, 0.2) is 4.99 Å². The van der Waals surface area contributed by atoms with Crippen LogP contribution in [0.1, 0.15) is 13.3 Å². The summed E-state index contributed by atoms with van der Waals surface area (Å²) in [6.07, 6.45) is 0.942. The minimum absolute atomic E-state index is 0.180. The van der Waals surface area contributed by atoms with Crippen molar-refractivity contribution >= 4 is 15.8 Å². The summed E-state index contributed by atoms with van der Waals surface area (Å²) in [5.74, 6) is 6.29. The van der Waals surface area contributed by atoms with E-state index in [1.54, 1.807) is 0 Å². The molecule has 0 amide bonds. The molecule has 1 heterocycles. The minimum atomic E-state index is -2.84. The molecule has 0 atom stereocenters. The SMILES string of the molecule is CCCN=C(NN)N1CCS(=O)(=O)CC1. The molecule has 0 aromatic carbocycles. The van der Waals surface area contributed by atoms with Gasteiger partial charge in [-0.25, -0.2) is 14.3 Å². The van der Waals surface area contributed by atoms with Gasteiger partial charge in [-0.2, -0.15) is 0 Å². The summed E-state index contributed by atoms with van der Waals surface area (Å²) in [6, 6.07) is 0. The molecule has 1 fully saturated rings. The zero-order valence-corrected chi connectivity index (χ0v) is 9.76. The van der Waals surface area contributed by atoms with Crippen LogP contribution < -0.4 is 11.3 Å². The van der Waals surface area contributed by atoms with Crippen LogP contribution in [0.5, 0.6) is 0 Å². The van der Waals surface area contributed by atoms with E-state index in [1.165, 1.54) is 0 Å². The third kappa shape index (κ3) is 3.67. The molecular weight excluding hydrogens is 216 g/mol. The van der Waals surface area contributed by atoms with Crippen LogP contribution in [0.25, 0.3) is 0 Å². The van der Waals surface area contributed by atoms with Crippen LogP contribution in [0.3, 0.4) is 0 Å². The molecule has 7 heteroatoms. The molecule has 0 aromatic heterocycles. The highest BCUT2D eigenvalue weighted by atomic mass is 32.2. The molecule has 0 unspecified atom stereocenters. The lowest BCUT2D eigenvalue weighted by atomic mass is 10.5. The maximum Gasteiger partial charge on any atom is 0.208 e. The van der Waals surface area contributed by atoms with Gasteiger partial charge in [-0.05, 0) is 6.42 Å². The summed E-state index contributed by atoms with van der Waals surface area (Å²) in [4.78, 5) is 6.12.